The summed E-state index contributed by atoms with van der Waals surface area (Å²) in [6.07, 6.45) is 3.03. The maximum atomic E-state index is 9.10. The summed E-state index contributed by atoms with van der Waals surface area (Å²) in [5.41, 5.74) is 14.8. The zero-order valence-corrected chi connectivity index (χ0v) is 11.2. The fourth-order valence-corrected chi connectivity index (χ4v) is 1.38. The van der Waals surface area contributed by atoms with Gasteiger partial charge in [0.05, 0.1) is 0 Å². The first-order valence-corrected chi connectivity index (χ1v) is 4.73. The fourth-order valence-electron chi connectivity index (χ4n) is 1.38. The first-order valence-electron chi connectivity index (χ1n) is 4.73. The molecule has 0 bridgehead atoms. The van der Waals surface area contributed by atoms with Crippen molar-refractivity contribution in [3.8, 4) is 0 Å². The van der Waals surface area contributed by atoms with Gasteiger partial charge in [-0.15, -0.1) is 0 Å². The second kappa shape index (κ2) is 8.67. The minimum Gasteiger partial charge on any atom is -0.676 e. The molecule has 1 saturated carbocycles. The van der Waals surface area contributed by atoms with E-state index in [-0.39, 0.29) is 33.1 Å². The van der Waals surface area contributed by atoms with Crippen molar-refractivity contribution in [2.75, 3.05) is 0 Å². The molecule has 0 aliphatic heterocycles. The summed E-state index contributed by atoms with van der Waals surface area (Å²) >= 11 is 0. The van der Waals surface area contributed by atoms with Gasteiger partial charge in [0.15, 0.2) is 0 Å². The number of nitrogens with one attached hydrogen (secondary N) is 2. The van der Waals surface area contributed by atoms with Crippen molar-refractivity contribution in [1.29, 1.82) is 0 Å². The van der Waals surface area contributed by atoms with Crippen LogP contribution in [-0.2, 0) is 30.7 Å². The predicted octanol–water partition coefficient (Wildman–Crippen LogP) is 1.80. The monoisotopic (exact) mass is 411 g/mol. The smallest absolute Gasteiger partial charge is 0.676 e. The molecule has 0 heterocycles. The summed E-state index contributed by atoms with van der Waals surface area (Å²) in [6.45, 7) is 2.17. The van der Waals surface area contributed by atoms with Crippen molar-refractivity contribution in [2.45, 2.75) is 38.3 Å². The SMILES string of the molecule is CC1CCC([NH-])C([NH-])C1.O=C(O)C(=O)O.[Pt+2]. The maximum Gasteiger partial charge on any atom is 2.00 e. The zero-order valence-electron chi connectivity index (χ0n) is 8.88. The molecule has 1 aliphatic rings. The Bertz CT molecular complexity index is 226. The molecule has 1 fully saturated rings. The van der Waals surface area contributed by atoms with E-state index in [0.29, 0.717) is 5.92 Å². The molecule has 0 saturated heterocycles. The number of carboxylic acid groups (broad SMARTS) is 2. The van der Waals surface area contributed by atoms with Crippen LogP contribution in [-0.4, -0.2) is 34.2 Å². The third-order valence-corrected chi connectivity index (χ3v) is 2.30. The molecule has 7 heteroatoms. The number of carboxylic acids is 2. The molecular weight excluding hydrogens is 395 g/mol. The van der Waals surface area contributed by atoms with Crippen LogP contribution in [0.15, 0.2) is 0 Å². The molecule has 6 nitrogen and oxygen atoms in total. The Morgan fingerprint density at radius 2 is 1.50 bits per heavy atom. The molecule has 0 spiro atoms. The van der Waals surface area contributed by atoms with Crippen LogP contribution in [0.2, 0.25) is 0 Å². The summed E-state index contributed by atoms with van der Waals surface area (Å²) in [4.78, 5) is 18.2. The van der Waals surface area contributed by atoms with E-state index in [1.165, 1.54) is 0 Å². The van der Waals surface area contributed by atoms with Crippen LogP contribution < -0.4 is 0 Å². The fraction of sp³-hybridized carbons (Fsp3) is 0.778. The molecule has 4 N–H and O–H groups in total. The molecule has 0 radical (unpaired) electrons. The van der Waals surface area contributed by atoms with Crippen molar-refractivity contribution in [3.63, 3.8) is 0 Å². The van der Waals surface area contributed by atoms with E-state index >= 15 is 0 Å². The van der Waals surface area contributed by atoms with Gasteiger partial charge in [0, 0.05) is 0 Å². The molecule has 0 amide bonds. The van der Waals surface area contributed by atoms with Crippen LogP contribution in [0.4, 0.5) is 0 Å². The molecule has 1 aliphatic carbocycles. The van der Waals surface area contributed by atoms with Crippen LogP contribution in [0.25, 0.3) is 11.5 Å². The van der Waals surface area contributed by atoms with Crippen molar-refractivity contribution < 1.29 is 40.9 Å². The van der Waals surface area contributed by atoms with Gasteiger partial charge in [0.2, 0.25) is 0 Å². The molecule has 16 heavy (non-hydrogen) atoms. The largest absolute Gasteiger partial charge is 2.00 e. The molecular formula is C9H16N2O4Pt. The van der Waals surface area contributed by atoms with E-state index in [9.17, 15) is 0 Å². The van der Waals surface area contributed by atoms with Gasteiger partial charge in [-0.25, -0.2) is 9.59 Å². The topological polar surface area (TPSA) is 122 Å². The van der Waals surface area contributed by atoms with E-state index in [4.69, 9.17) is 31.3 Å². The minimum atomic E-state index is -1.82. The Hall–Kier alpha value is -0.452. The Morgan fingerprint density at radius 3 is 1.75 bits per heavy atom. The van der Waals surface area contributed by atoms with Gasteiger partial charge in [0.25, 0.3) is 0 Å². The van der Waals surface area contributed by atoms with Crippen molar-refractivity contribution in [3.05, 3.63) is 11.5 Å². The van der Waals surface area contributed by atoms with Crippen LogP contribution in [0.5, 0.6) is 0 Å². The second-order valence-corrected chi connectivity index (χ2v) is 3.74. The Morgan fingerprint density at radius 1 is 1.06 bits per heavy atom. The van der Waals surface area contributed by atoms with Crippen LogP contribution in [0.3, 0.4) is 0 Å². The molecule has 3 unspecified atom stereocenters. The van der Waals surface area contributed by atoms with Gasteiger partial charge in [-0.2, -0.15) is 12.1 Å². The van der Waals surface area contributed by atoms with E-state index in [2.05, 4.69) is 6.92 Å². The van der Waals surface area contributed by atoms with Crippen LogP contribution in [0, 0.1) is 5.92 Å². The number of carbonyl (C=O) groups is 2. The minimum absolute atomic E-state index is 0. The zero-order chi connectivity index (χ0) is 12.0. The summed E-state index contributed by atoms with van der Waals surface area (Å²) in [7, 11) is 0. The van der Waals surface area contributed by atoms with E-state index in [1.807, 2.05) is 0 Å². The van der Waals surface area contributed by atoms with E-state index < -0.39 is 11.9 Å². The summed E-state index contributed by atoms with van der Waals surface area (Å²) < 4.78 is 0. The summed E-state index contributed by atoms with van der Waals surface area (Å²) in [5.74, 6) is -2.96. The number of hydrogen-bond acceptors (Lipinski definition) is 2. The van der Waals surface area contributed by atoms with E-state index in [0.717, 1.165) is 19.3 Å². The van der Waals surface area contributed by atoms with Crippen molar-refractivity contribution in [1.82, 2.24) is 0 Å². The van der Waals surface area contributed by atoms with Gasteiger partial charge in [-0.3, -0.25) is 0 Å². The van der Waals surface area contributed by atoms with Gasteiger partial charge in [-0.1, -0.05) is 26.2 Å². The first-order chi connectivity index (χ1) is 6.84. The van der Waals surface area contributed by atoms with Crippen molar-refractivity contribution >= 4 is 11.9 Å². The van der Waals surface area contributed by atoms with Gasteiger partial charge >= 0.3 is 33.0 Å². The molecule has 3 atom stereocenters. The van der Waals surface area contributed by atoms with Gasteiger partial charge in [-0.05, 0) is 5.92 Å². The van der Waals surface area contributed by atoms with Gasteiger partial charge in [0.1, 0.15) is 0 Å². The molecule has 1 rings (SSSR count). The Kier molecular flexibility index (Phi) is 9.72. The van der Waals surface area contributed by atoms with Crippen LogP contribution >= 0.6 is 0 Å². The quantitative estimate of drug-likeness (QED) is 0.590. The Labute approximate surface area is 109 Å². The average Bonchev–Trinajstić information content (AvgIpc) is 2.13. The number of hydrogen-bond donors (Lipinski definition) is 2. The standard InChI is InChI=1S/C7H14N2.C2H2O4.Pt/c1-5-2-3-6(8)7(9)4-5;3-1(4)2(5)6;/h5-9H,2-4H2,1H3;(H,3,4)(H,5,6);/q-2;;+2. The third kappa shape index (κ3) is 7.79. The number of aliphatic carboxylic acids is 2. The summed E-state index contributed by atoms with van der Waals surface area (Å²) in [5, 5.41) is 14.8. The average molecular weight is 411 g/mol. The number of rotatable bonds is 0. The van der Waals surface area contributed by atoms with Crippen molar-refractivity contribution in [2.24, 2.45) is 5.92 Å². The first kappa shape index (κ1) is 17.9. The molecule has 0 aromatic rings. The molecule has 96 valence electrons. The normalized spacial score (nSPS) is 28.1. The molecule has 0 aromatic carbocycles. The second-order valence-electron chi connectivity index (χ2n) is 3.74. The third-order valence-electron chi connectivity index (χ3n) is 2.30. The summed E-state index contributed by atoms with van der Waals surface area (Å²) in [6, 6.07) is -0.199. The maximum absolute atomic E-state index is 9.10. The van der Waals surface area contributed by atoms with Crippen LogP contribution in [0.1, 0.15) is 26.2 Å². The van der Waals surface area contributed by atoms with Gasteiger partial charge < -0.3 is 21.7 Å². The molecule has 0 aromatic heterocycles. The van der Waals surface area contributed by atoms with E-state index in [1.54, 1.807) is 0 Å². The predicted molar refractivity (Wildman–Crippen MR) is 54.5 cm³/mol. The Balaban J connectivity index is 0.